The Morgan fingerprint density at radius 1 is 1.26 bits per heavy atom. The third-order valence-corrected chi connectivity index (χ3v) is 4.75. The third-order valence-electron chi connectivity index (χ3n) is 4.06. The smallest absolute Gasteiger partial charge is 0.258 e. The summed E-state index contributed by atoms with van der Waals surface area (Å²) < 4.78 is 12.0. The molecular formula is C18H26BrN5O3. The summed E-state index contributed by atoms with van der Waals surface area (Å²) in [6, 6.07) is 3.73. The number of hydrogen-bond donors (Lipinski definition) is 3. The molecule has 1 aliphatic rings. The molecule has 0 bridgehead atoms. The molecule has 148 valence electrons. The highest BCUT2D eigenvalue weighted by molar-refractivity contribution is 9.10. The summed E-state index contributed by atoms with van der Waals surface area (Å²) in [5, 5.41) is 10.4. The van der Waals surface area contributed by atoms with E-state index in [4.69, 9.17) is 20.9 Å². The fourth-order valence-electron chi connectivity index (χ4n) is 2.85. The lowest BCUT2D eigenvalue weighted by atomic mass is 9.95. The molecule has 5 N–H and O–H groups in total. The second-order valence-corrected chi connectivity index (χ2v) is 7.07. The molecule has 1 saturated carbocycles. The normalized spacial score (nSPS) is 14.7. The first-order valence-corrected chi connectivity index (χ1v) is 9.79. The minimum Gasteiger partial charge on any atom is -0.490 e. The Kier molecular flexibility index (Phi) is 8.38. The van der Waals surface area contributed by atoms with Gasteiger partial charge in [0.15, 0.2) is 18.1 Å². The Bertz CT molecular complexity index is 698. The maximum Gasteiger partial charge on any atom is 0.258 e. The van der Waals surface area contributed by atoms with Crippen molar-refractivity contribution in [2.75, 3.05) is 13.2 Å². The highest BCUT2D eigenvalue weighted by atomic mass is 79.9. The number of ether oxygens (including phenoxy) is 2. The quantitative estimate of drug-likeness (QED) is 0.325. The highest BCUT2D eigenvalue weighted by Crippen LogP contribution is 2.33. The Balaban J connectivity index is 2.03. The number of guanidine groups is 1. The second-order valence-electron chi connectivity index (χ2n) is 6.21. The van der Waals surface area contributed by atoms with Crippen molar-refractivity contribution in [1.82, 2.24) is 5.32 Å². The molecule has 1 aromatic rings. The predicted molar refractivity (Wildman–Crippen MR) is 109 cm³/mol. The summed E-state index contributed by atoms with van der Waals surface area (Å²) in [5.74, 6) is 0.731. The van der Waals surface area contributed by atoms with Gasteiger partial charge in [0.1, 0.15) is 0 Å². The average molecular weight is 440 g/mol. The van der Waals surface area contributed by atoms with E-state index in [0.29, 0.717) is 28.1 Å². The molecule has 8 nitrogen and oxygen atoms in total. The Hall–Kier alpha value is -2.29. The molecule has 1 aromatic carbocycles. The molecule has 0 unspecified atom stereocenters. The molecule has 0 heterocycles. The molecule has 0 radical (unpaired) electrons. The van der Waals surface area contributed by atoms with Crippen LogP contribution in [0.3, 0.4) is 0 Å². The average Bonchev–Trinajstić information content (AvgIpc) is 2.63. The maximum absolute atomic E-state index is 12.2. The lowest BCUT2D eigenvalue weighted by Gasteiger charge is -2.22. The van der Waals surface area contributed by atoms with Crippen LogP contribution in [0.25, 0.3) is 0 Å². The molecule has 0 spiro atoms. The fourth-order valence-corrected chi connectivity index (χ4v) is 3.27. The Labute approximate surface area is 167 Å². The number of nitrogens with two attached hydrogens (primary N) is 2. The standard InChI is InChI=1S/C18H26BrN5O3/c1-2-26-15-8-12(10-22-24-18(20)21)14(19)9-16(15)27-11-17(25)23-13-6-4-3-5-7-13/h8-10,13H,2-7,11H2,1H3,(H,23,25)(H4,20,21,24). The van der Waals surface area contributed by atoms with Crippen LogP contribution >= 0.6 is 15.9 Å². The van der Waals surface area contributed by atoms with Crippen molar-refractivity contribution in [3.63, 3.8) is 0 Å². The predicted octanol–water partition coefficient (Wildman–Crippen LogP) is 2.28. The van der Waals surface area contributed by atoms with Gasteiger partial charge in [0.2, 0.25) is 5.96 Å². The molecule has 1 aliphatic carbocycles. The number of halogens is 1. The number of nitrogens with one attached hydrogen (secondary N) is 1. The molecule has 1 amide bonds. The molecule has 0 saturated heterocycles. The van der Waals surface area contributed by atoms with E-state index in [2.05, 4.69) is 31.4 Å². The summed E-state index contributed by atoms with van der Waals surface area (Å²) in [7, 11) is 0. The minimum atomic E-state index is -0.128. The Morgan fingerprint density at radius 3 is 2.63 bits per heavy atom. The minimum absolute atomic E-state index is 0.0650. The zero-order chi connectivity index (χ0) is 19.6. The summed E-state index contributed by atoms with van der Waals surface area (Å²) >= 11 is 3.45. The first-order valence-electron chi connectivity index (χ1n) is 9.00. The van der Waals surface area contributed by atoms with Crippen molar-refractivity contribution in [3.05, 3.63) is 22.2 Å². The number of rotatable bonds is 8. The zero-order valence-electron chi connectivity index (χ0n) is 15.4. The SMILES string of the molecule is CCOc1cc(C=NN=C(N)N)c(Br)cc1OCC(=O)NC1CCCCC1. The summed E-state index contributed by atoms with van der Waals surface area (Å²) in [6.07, 6.45) is 7.13. The van der Waals surface area contributed by atoms with E-state index >= 15 is 0 Å². The van der Waals surface area contributed by atoms with Gasteiger partial charge in [-0.1, -0.05) is 19.3 Å². The van der Waals surface area contributed by atoms with Gasteiger partial charge in [-0.15, -0.1) is 5.10 Å². The molecule has 1 fully saturated rings. The van der Waals surface area contributed by atoms with Crippen LogP contribution in [0.5, 0.6) is 11.5 Å². The van der Waals surface area contributed by atoms with E-state index in [0.717, 1.165) is 25.7 Å². The number of hydrogen-bond acceptors (Lipinski definition) is 5. The number of carbonyl (C=O) groups excluding carboxylic acids is 1. The van der Waals surface area contributed by atoms with Crippen LogP contribution in [-0.2, 0) is 4.79 Å². The van der Waals surface area contributed by atoms with E-state index in [1.807, 2.05) is 6.92 Å². The van der Waals surface area contributed by atoms with Crippen LogP contribution in [0.15, 0.2) is 26.8 Å². The lowest BCUT2D eigenvalue weighted by molar-refractivity contribution is -0.124. The topological polar surface area (TPSA) is 124 Å². The van der Waals surface area contributed by atoms with Crippen LogP contribution in [0, 0.1) is 0 Å². The maximum atomic E-state index is 12.2. The zero-order valence-corrected chi connectivity index (χ0v) is 17.0. The summed E-state index contributed by atoms with van der Waals surface area (Å²) in [5.41, 5.74) is 11.2. The van der Waals surface area contributed by atoms with Crippen molar-refractivity contribution in [2.24, 2.45) is 21.7 Å². The van der Waals surface area contributed by atoms with Crippen molar-refractivity contribution in [1.29, 1.82) is 0 Å². The summed E-state index contributed by atoms with van der Waals surface area (Å²) in [6.45, 7) is 2.26. The van der Waals surface area contributed by atoms with Gasteiger partial charge >= 0.3 is 0 Å². The molecule has 0 aromatic heterocycles. The van der Waals surface area contributed by atoms with Gasteiger partial charge in [0.05, 0.1) is 12.8 Å². The molecular weight excluding hydrogens is 414 g/mol. The van der Waals surface area contributed by atoms with Gasteiger partial charge in [0, 0.05) is 16.1 Å². The fraction of sp³-hybridized carbons (Fsp3) is 0.500. The van der Waals surface area contributed by atoms with Gasteiger partial charge in [-0.2, -0.15) is 5.10 Å². The van der Waals surface area contributed by atoms with E-state index < -0.39 is 0 Å². The molecule has 0 aliphatic heterocycles. The largest absolute Gasteiger partial charge is 0.490 e. The van der Waals surface area contributed by atoms with Crippen molar-refractivity contribution in [3.8, 4) is 11.5 Å². The highest BCUT2D eigenvalue weighted by Gasteiger charge is 2.17. The van der Waals surface area contributed by atoms with E-state index in [1.165, 1.54) is 12.6 Å². The van der Waals surface area contributed by atoms with Gasteiger partial charge in [-0.3, -0.25) is 4.79 Å². The van der Waals surface area contributed by atoms with Crippen LogP contribution in [0.4, 0.5) is 0 Å². The van der Waals surface area contributed by atoms with E-state index in [1.54, 1.807) is 12.1 Å². The van der Waals surface area contributed by atoms with Crippen molar-refractivity contribution < 1.29 is 14.3 Å². The lowest BCUT2D eigenvalue weighted by Crippen LogP contribution is -2.39. The van der Waals surface area contributed by atoms with E-state index in [9.17, 15) is 4.79 Å². The van der Waals surface area contributed by atoms with Crippen molar-refractivity contribution >= 4 is 34.0 Å². The van der Waals surface area contributed by atoms with Crippen LogP contribution in [0.1, 0.15) is 44.6 Å². The van der Waals surface area contributed by atoms with Crippen LogP contribution in [-0.4, -0.2) is 37.3 Å². The van der Waals surface area contributed by atoms with Crippen LogP contribution < -0.4 is 26.3 Å². The van der Waals surface area contributed by atoms with E-state index in [-0.39, 0.29) is 24.5 Å². The number of amides is 1. The second kappa shape index (κ2) is 10.8. The van der Waals surface area contributed by atoms with Gasteiger partial charge in [-0.05, 0) is 47.8 Å². The molecule has 0 atom stereocenters. The van der Waals surface area contributed by atoms with Crippen LogP contribution in [0.2, 0.25) is 0 Å². The van der Waals surface area contributed by atoms with Gasteiger partial charge in [0.25, 0.3) is 5.91 Å². The third kappa shape index (κ3) is 7.09. The first-order chi connectivity index (χ1) is 13.0. The monoisotopic (exact) mass is 439 g/mol. The number of carbonyl (C=O) groups is 1. The number of nitrogens with zero attached hydrogens (tertiary/aromatic N) is 2. The number of benzene rings is 1. The summed E-state index contributed by atoms with van der Waals surface area (Å²) in [4.78, 5) is 12.2. The first kappa shape index (κ1) is 21.0. The van der Waals surface area contributed by atoms with Gasteiger partial charge in [-0.25, -0.2) is 0 Å². The Morgan fingerprint density at radius 2 is 1.96 bits per heavy atom. The molecule has 2 rings (SSSR count). The molecule has 27 heavy (non-hydrogen) atoms. The van der Waals surface area contributed by atoms with Gasteiger partial charge < -0.3 is 26.3 Å². The van der Waals surface area contributed by atoms with Crippen molar-refractivity contribution in [2.45, 2.75) is 45.1 Å². The molecule has 9 heteroatoms.